The van der Waals surface area contributed by atoms with Crippen molar-refractivity contribution in [2.24, 2.45) is 4.99 Å². The predicted molar refractivity (Wildman–Crippen MR) is 114 cm³/mol. The first-order chi connectivity index (χ1) is 11.7. The molecular weight excluding hydrogens is 447 g/mol. The molecule has 0 bridgehead atoms. The fourth-order valence-corrected chi connectivity index (χ4v) is 3.73. The van der Waals surface area contributed by atoms with E-state index >= 15 is 0 Å². The fourth-order valence-electron chi connectivity index (χ4n) is 2.94. The maximum atomic E-state index is 4.57. The standard InChI is InChI=1S/C17H26N6S.HI/c1-4-15-21-16-8-7-13(11-23(16)22-15)20-17(18-3)19-10-12(2)14-6-5-9-24-14;/h5-6,9,12-13H,4,7-8,10-11H2,1-3H3,(H2,18,19,20);1H. The molecule has 0 radical (unpaired) electrons. The van der Waals surface area contributed by atoms with Crippen molar-refractivity contribution in [3.05, 3.63) is 34.0 Å². The van der Waals surface area contributed by atoms with Crippen LogP contribution >= 0.6 is 35.3 Å². The average Bonchev–Trinajstić information content (AvgIpc) is 3.26. The monoisotopic (exact) mass is 474 g/mol. The highest BCUT2D eigenvalue weighted by atomic mass is 127. The molecule has 6 nitrogen and oxygen atoms in total. The van der Waals surface area contributed by atoms with Crippen molar-refractivity contribution >= 4 is 41.3 Å². The second-order valence-electron chi connectivity index (χ2n) is 6.23. The van der Waals surface area contributed by atoms with Gasteiger partial charge in [0.15, 0.2) is 11.8 Å². The van der Waals surface area contributed by atoms with E-state index < -0.39 is 0 Å². The number of guanidine groups is 1. The zero-order chi connectivity index (χ0) is 16.9. The highest BCUT2D eigenvalue weighted by Gasteiger charge is 2.22. The molecule has 138 valence electrons. The van der Waals surface area contributed by atoms with Crippen LogP contribution in [0.5, 0.6) is 0 Å². The molecular formula is C17H27IN6S. The van der Waals surface area contributed by atoms with Crippen LogP contribution < -0.4 is 10.6 Å². The van der Waals surface area contributed by atoms with E-state index in [0.717, 1.165) is 50.0 Å². The van der Waals surface area contributed by atoms with E-state index in [-0.39, 0.29) is 24.0 Å². The van der Waals surface area contributed by atoms with Gasteiger partial charge in [-0.15, -0.1) is 35.3 Å². The average molecular weight is 474 g/mol. The summed E-state index contributed by atoms with van der Waals surface area (Å²) in [5, 5.41) is 13.7. The topological polar surface area (TPSA) is 67.1 Å². The smallest absolute Gasteiger partial charge is 0.191 e. The molecule has 2 aromatic rings. The van der Waals surface area contributed by atoms with Crippen LogP contribution in [0, 0.1) is 0 Å². The Labute approximate surface area is 170 Å². The van der Waals surface area contributed by atoms with E-state index in [1.54, 1.807) is 11.3 Å². The first kappa shape index (κ1) is 20.2. The Hall–Kier alpha value is -1.16. The maximum Gasteiger partial charge on any atom is 0.191 e. The molecule has 2 N–H and O–H groups in total. The van der Waals surface area contributed by atoms with Gasteiger partial charge in [0, 0.05) is 43.3 Å². The third-order valence-electron chi connectivity index (χ3n) is 4.39. The second-order valence-corrected chi connectivity index (χ2v) is 7.21. The van der Waals surface area contributed by atoms with Gasteiger partial charge in [0.1, 0.15) is 5.82 Å². The lowest BCUT2D eigenvalue weighted by atomic mass is 10.1. The van der Waals surface area contributed by atoms with Crippen molar-refractivity contribution in [2.45, 2.75) is 51.6 Å². The number of aryl methyl sites for hydroxylation is 2. The summed E-state index contributed by atoms with van der Waals surface area (Å²) < 4.78 is 2.04. The lowest BCUT2D eigenvalue weighted by Gasteiger charge is -2.25. The molecule has 0 aliphatic carbocycles. The van der Waals surface area contributed by atoms with Gasteiger partial charge in [-0.3, -0.25) is 4.99 Å². The van der Waals surface area contributed by atoms with Gasteiger partial charge >= 0.3 is 0 Å². The minimum absolute atomic E-state index is 0. The van der Waals surface area contributed by atoms with E-state index in [2.05, 4.69) is 57.1 Å². The summed E-state index contributed by atoms with van der Waals surface area (Å²) in [5.41, 5.74) is 0. The Morgan fingerprint density at radius 1 is 1.52 bits per heavy atom. The first-order valence-electron chi connectivity index (χ1n) is 8.62. The van der Waals surface area contributed by atoms with E-state index in [1.807, 2.05) is 11.7 Å². The third kappa shape index (κ3) is 5.16. The Bertz CT molecular complexity index is 681. The molecule has 0 saturated heterocycles. The molecule has 0 aromatic carbocycles. The SMILES string of the molecule is CCc1nc2n(n1)CC(NC(=NC)NCC(C)c1cccs1)CC2.I. The second kappa shape index (κ2) is 9.51. The van der Waals surface area contributed by atoms with Gasteiger partial charge in [0.05, 0.1) is 6.54 Å². The summed E-state index contributed by atoms with van der Waals surface area (Å²) in [7, 11) is 1.82. The zero-order valence-corrected chi connectivity index (χ0v) is 18.2. The number of hydrogen-bond acceptors (Lipinski definition) is 4. The van der Waals surface area contributed by atoms with Crippen molar-refractivity contribution in [1.29, 1.82) is 0 Å². The molecule has 0 fully saturated rings. The van der Waals surface area contributed by atoms with Crippen molar-refractivity contribution in [2.75, 3.05) is 13.6 Å². The molecule has 25 heavy (non-hydrogen) atoms. The molecule has 0 amide bonds. The number of thiophene rings is 1. The summed E-state index contributed by atoms with van der Waals surface area (Å²) in [5.74, 6) is 3.39. The van der Waals surface area contributed by atoms with Gasteiger partial charge in [-0.05, 0) is 17.9 Å². The Morgan fingerprint density at radius 2 is 2.36 bits per heavy atom. The number of aliphatic imine (C=N–C) groups is 1. The molecule has 8 heteroatoms. The number of rotatable bonds is 5. The van der Waals surface area contributed by atoms with Crippen LogP contribution in [0.25, 0.3) is 0 Å². The Morgan fingerprint density at radius 3 is 3.04 bits per heavy atom. The van der Waals surface area contributed by atoms with Crippen molar-refractivity contribution < 1.29 is 0 Å². The molecule has 0 spiro atoms. The van der Waals surface area contributed by atoms with Crippen LogP contribution in [0.3, 0.4) is 0 Å². The van der Waals surface area contributed by atoms with E-state index in [1.165, 1.54) is 4.88 Å². The van der Waals surface area contributed by atoms with E-state index in [0.29, 0.717) is 12.0 Å². The Kier molecular flexibility index (Phi) is 7.67. The summed E-state index contributed by atoms with van der Waals surface area (Å²) in [6.07, 6.45) is 2.91. The minimum atomic E-state index is 0. The molecule has 3 heterocycles. The number of halogens is 1. The first-order valence-corrected chi connectivity index (χ1v) is 9.50. The summed E-state index contributed by atoms with van der Waals surface area (Å²) in [6, 6.07) is 4.63. The lowest BCUT2D eigenvalue weighted by molar-refractivity contribution is 0.392. The number of nitrogens with zero attached hydrogens (tertiary/aromatic N) is 4. The number of aromatic nitrogens is 3. The van der Waals surface area contributed by atoms with Crippen molar-refractivity contribution in [3.8, 4) is 0 Å². The van der Waals surface area contributed by atoms with Gasteiger partial charge in [-0.1, -0.05) is 19.9 Å². The number of fused-ring (bicyclic) bond motifs is 1. The normalized spacial score (nSPS) is 18.2. The largest absolute Gasteiger partial charge is 0.356 e. The highest BCUT2D eigenvalue weighted by Crippen LogP contribution is 2.19. The zero-order valence-electron chi connectivity index (χ0n) is 15.0. The van der Waals surface area contributed by atoms with Gasteiger partial charge in [0.25, 0.3) is 0 Å². The van der Waals surface area contributed by atoms with Gasteiger partial charge in [-0.25, -0.2) is 9.67 Å². The van der Waals surface area contributed by atoms with Crippen LogP contribution in [-0.4, -0.2) is 40.4 Å². The number of hydrogen-bond donors (Lipinski definition) is 2. The summed E-state index contributed by atoms with van der Waals surface area (Å²) >= 11 is 1.80. The maximum absolute atomic E-state index is 4.57. The van der Waals surface area contributed by atoms with E-state index in [4.69, 9.17) is 0 Å². The van der Waals surface area contributed by atoms with Gasteiger partial charge in [-0.2, -0.15) is 5.10 Å². The highest BCUT2D eigenvalue weighted by molar-refractivity contribution is 14.0. The van der Waals surface area contributed by atoms with Crippen LogP contribution in [0.2, 0.25) is 0 Å². The summed E-state index contributed by atoms with van der Waals surface area (Å²) in [6.45, 7) is 6.06. The lowest BCUT2D eigenvalue weighted by Crippen LogP contribution is -2.47. The van der Waals surface area contributed by atoms with Crippen molar-refractivity contribution in [3.63, 3.8) is 0 Å². The van der Waals surface area contributed by atoms with Gasteiger partial charge < -0.3 is 10.6 Å². The molecule has 2 atom stereocenters. The number of nitrogens with one attached hydrogen (secondary N) is 2. The molecule has 2 unspecified atom stereocenters. The minimum Gasteiger partial charge on any atom is -0.356 e. The summed E-state index contributed by atoms with van der Waals surface area (Å²) in [4.78, 5) is 10.3. The van der Waals surface area contributed by atoms with Crippen LogP contribution in [-0.2, 0) is 19.4 Å². The molecule has 1 aliphatic rings. The Balaban J connectivity index is 0.00000225. The molecule has 2 aromatic heterocycles. The predicted octanol–water partition coefficient (Wildman–Crippen LogP) is 2.80. The third-order valence-corrected chi connectivity index (χ3v) is 5.49. The van der Waals surface area contributed by atoms with Crippen LogP contribution in [0.1, 0.15) is 42.7 Å². The molecule has 3 rings (SSSR count). The van der Waals surface area contributed by atoms with Gasteiger partial charge in [0.2, 0.25) is 0 Å². The quantitative estimate of drug-likeness (QED) is 0.398. The molecule has 1 aliphatic heterocycles. The van der Waals surface area contributed by atoms with Crippen LogP contribution in [0.4, 0.5) is 0 Å². The van der Waals surface area contributed by atoms with Crippen LogP contribution in [0.15, 0.2) is 22.5 Å². The van der Waals surface area contributed by atoms with Crippen molar-refractivity contribution in [1.82, 2.24) is 25.4 Å². The van der Waals surface area contributed by atoms with E-state index in [9.17, 15) is 0 Å². The fraction of sp³-hybridized carbons (Fsp3) is 0.588. The molecule has 0 saturated carbocycles.